The number of hydrogen-bond donors (Lipinski definition) is 3. The first-order valence-electron chi connectivity index (χ1n) is 10.1. The maximum Gasteiger partial charge on any atom is 0.303 e. The van der Waals surface area contributed by atoms with Crippen LogP contribution in [0.1, 0.15) is 55.2 Å². The number of carbonyl (C=O) groups excluding carboxylic acids is 1. The topological polar surface area (TPSA) is 86.6 Å². The summed E-state index contributed by atoms with van der Waals surface area (Å²) in [5.41, 5.74) is 3.13. The first-order valence-corrected chi connectivity index (χ1v) is 10.1. The number of aliphatic hydroxyl groups is 1. The van der Waals surface area contributed by atoms with E-state index in [-0.39, 0.29) is 30.8 Å². The third kappa shape index (κ3) is 4.86. The van der Waals surface area contributed by atoms with Crippen molar-refractivity contribution in [2.75, 3.05) is 5.32 Å². The van der Waals surface area contributed by atoms with Crippen LogP contribution in [0.2, 0.25) is 0 Å². The van der Waals surface area contributed by atoms with Crippen molar-refractivity contribution in [1.29, 1.82) is 0 Å². The summed E-state index contributed by atoms with van der Waals surface area (Å²) in [5, 5.41) is 23.7. The van der Waals surface area contributed by atoms with Crippen molar-refractivity contribution >= 4 is 28.3 Å². The highest BCUT2D eigenvalue weighted by atomic mass is 16.4. The highest BCUT2D eigenvalue weighted by molar-refractivity contribution is 5.99. The molecule has 0 aliphatic rings. The van der Waals surface area contributed by atoms with Gasteiger partial charge in [-0.15, -0.1) is 0 Å². The van der Waals surface area contributed by atoms with Gasteiger partial charge in [-0.1, -0.05) is 61.5 Å². The molecule has 3 aromatic rings. The fraction of sp³-hybridized carbons (Fsp3) is 0.280. The molecule has 1 amide bonds. The molecule has 3 rings (SSSR count). The minimum absolute atomic E-state index is 0.0444. The average molecular weight is 405 g/mol. The highest BCUT2D eigenvalue weighted by Crippen LogP contribution is 2.31. The van der Waals surface area contributed by atoms with Crippen LogP contribution >= 0.6 is 0 Å². The predicted octanol–water partition coefficient (Wildman–Crippen LogP) is 5.04. The lowest BCUT2D eigenvalue weighted by Crippen LogP contribution is -2.20. The zero-order chi connectivity index (χ0) is 21.7. The van der Waals surface area contributed by atoms with Gasteiger partial charge in [0.05, 0.1) is 12.5 Å². The van der Waals surface area contributed by atoms with Crippen molar-refractivity contribution in [3.05, 3.63) is 77.4 Å². The van der Waals surface area contributed by atoms with Gasteiger partial charge in [-0.25, -0.2) is 0 Å². The van der Waals surface area contributed by atoms with Crippen LogP contribution in [0.5, 0.6) is 0 Å². The molecule has 3 N–H and O–H groups in total. The van der Waals surface area contributed by atoms with E-state index in [0.29, 0.717) is 17.7 Å². The zero-order valence-corrected chi connectivity index (χ0v) is 17.3. The van der Waals surface area contributed by atoms with Crippen LogP contribution in [-0.4, -0.2) is 22.1 Å². The lowest BCUT2D eigenvalue weighted by molar-refractivity contribution is -0.137. The molecule has 0 aliphatic carbocycles. The number of aliphatic hydroxyl groups excluding tert-OH is 1. The molecule has 5 heteroatoms. The number of carboxylic acid groups (broad SMARTS) is 1. The van der Waals surface area contributed by atoms with Gasteiger partial charge in [0, 0.05) is 12.1 Å². The van der Waals surface area contributed by atoms with Crippen LogP contribution < -0.4 is 5.32 Å². The summed E-state index contributed by atoms with van der Waals surface area (Å²) in [7, 11) is 0. The van der Waals surface area contributed by atoms with Gasteiger partial charge >= 0.3 is 5.97 Å². The lowest BCUT2D eigenvalue weighted by Gasteiger charge is -2.20. The second-order valence-electron chi connectivity index (χ2n) is 7.69. The van der Waals surface area contributed by atoms with Gasteiger partial charge in [-0.2, -0.15) is 0 Å². The standard InChI is InChI=1S/C25H27NO4/c1-16(10-13-24(28)29)20-12-11-18(15-27)14-23(20)26-25(30)17(2)21-9-5-7-19-6-3-4-8-22(19)21/h3-9,11-12,14,16-17,27H,10,13,15H2,1-2H3,(H,26,30)(H,28,29). The summed E-state index contributed by atoms with van der Waals surface area (Å²) < 4.78 is 0. The van der Waals surface area contributed by atoms with E-state index in [4.69, 9.17) is 5.11 Å². The Balaban J connectivity index is 1.88. The first-order chi connectivity index (χ1) is 14.4. The molecule has 0 saturated heterocycles. The Kier molecular flexibility index (Phi) is 6.85. The number of benzene rings is 3. The molecule has 2 unspecified atom stereocenters. The second kappa shape index (κ2) is 9.55. The van der Waals surface area contributed by atoms with Gasteiger partial charge in [-0.05, 0) is 52.8 Å². The molecule has 0 heterocycles. The van der Waals surface area contributed by atoms with E-state index in [9.17, 15) is 14.7 Å². The Bertz CT molecular complexity index is 1050. The smallest absolute Gasteiger partial charge is 0.303 e. The van der Waals surface area contributed by atoms with E-state index in [1.165, 1.54) is 0 Å². The van der Waals surface area contributed by atoms with Gasteiger partial charge in [0.1, 0.15) is 0 Å². The van der Waals surface area contributed by atoms with E-state index in [1.54, 1.807) is 12.1 Å². The Morgan fingerprint density at radius 2 is 1.70 bits per heavy atom. The van der Waals surface area contributed by atoms with Crippen molar-refractivity contribution in [3.8, 4) is 0 Å². The number of carbonyl (C=O) groups is 2. The molecule has 0 fully saturated rings. The molecule has 0 radical (unpaired) electrons. The summed E-state index contributed by atoms with van der Waals surface area (Å²) in [4.78, 5) is 24.1. The third-order valence-electron chi connectivity index (χ3n) is 5.56. The van der Waals surface area contributed by atoms with Crippen molar-refractivity contribution in [2.45, 2.75) is 45.1 Å². The normalized spacial score (nSPS) is 13.0. The molecule has 0 spiro atoms. The highest BCUT2D eigenvalue weighted by Gasteiger charge is 2.20. The molecule has 2 atom stereocenters. The van der Waals surface area contributed by atoms with E-state index in [2.05, 4.69) is 5.32 Å². The lowest BCUT2D eigenvalue weighted by atomic mass is 9.92. The van der Waals surface area contributed by atoms with Crippen molar-refractivity contribution in [2.24, 2.45) is 0 Å². The first kappa shape index (κ1) is 21.5. The number of hydrogen-bond acceptors (Lipinski definition) is 3. The molecule has 0 saturated carbocycles. The number of amides is 1. The number of aliphatic carboxylic acids is 1. The second-order valence-corrected chi connectivity index (χ2v) is 7.69. The van der Waals surface area contributed by atoms with Gasteiger partial charge in [-0.3, -0.25) is 9.59 Å². The van der Waals surface area contributed by atoms with Crippen LogP contribution in [0.25, 0.3) is 10.8 Å². The number of anilines is 1. The van der Waals surface area contributed by atoms with Crippen LogP contribution in [-0.2, 0) is 16.2 Å². The molecule has 5 nitrogen and oxygen atoms in total. The monoisotopic (exact) mass is 405 g/mol. The molecule has 156 valence electrons. The molecule has 0 bridgehead atoms. The SMILES string of the molecule is CC(CCC(=O)O)c1ccc(CO)cc1NC(=O)C(C)c1cccc2ccccc12. The maximum atomic E-state index is 13.1. The summed E-state index contributed by atoms with van der Waals surface area (Å²) in [6, 6.07) is 19.3. The van der Waals surface area contributed by atoms with Gasteiger partial charge in [0.25, 0.3) is 0 Å². The minimum Gasteiger partial charge on any atom is -0.481 e. The summed E-state index contributed by atoms with van der Waals surface area (Å²) in [6.07, 6.45) is 0.526. The average Bonchev–Trinajstić information content (AvgIpc) is 2.76. The Morgan fingerprint density at radius 3 is 2.43 bits per heavy atom. The number of nitrogens with one attached hydrogen (secondary N) is 1. The van der Waals surface area contributed by atoms with Crippen molar-refractivity contribution in [1.82, 2.24) is 0 Å². The largest absolute Gasteiger partial charge is 0.481 e. The summed E-state index contributed by atoms with van der Waals surface area (Å²) in [6.45, 7) is 3.69. The van der Waals surface area contributed by atoms with E-state index < -0.39 is 5.97 Å². The van der Waals surface area contributed by atoms with Gasteiger partial charge < -0.3 is 15.5 Å². The minimum atomic E-state index is -0.844. The fourth-order valence-electron chi connectivity index (χ4n) is 3.75. The summed E-state index contributed by atoms with van der Waals surface area (Å²) >= 11 is 0. The summed E-state index contributed by atoms with van der Waals surface area (Å²) in [5.74, 6) is -1.41. The van der Waals surface area contributed by atoms with E-state index in [1.807, 2.05) is 62.4 Å². The Morgan fingerprint density at radius 1 is 0.967 bits per heavy atom. The molecule has 0 aliphatic heterocycles. The zero-order valence-electron chi connectivity index (χ0n) is 17.3. The van der Waals surface area contributed by atoms with Crippen LogP contribution in [0.15, 0.2) is 60.7 Å². The number of fused-ring (bicyclic) bond motifs is 1. The fourth-order valence-corrected chi connectivity index (χ4v) is 3.75. The molecular formula is C25H27NO4. The number of carboxylic acids is 1. The predicted molar refractivity (Wildman–Crippen MR) is 119 cm³/mol. The van der Waals surface area contributed by atoms with E-state index >= 15 is 0 Å². The Hall–Kier alpha value is -3.18. The van der Waals surface area contributed by atoms with E-state index in [0.717, 1.165) is 21.9 Å². The van der Waals surface area contributed by atoms with Gasteiger partial charge in [0.15, 0.2) is 0 Å². The molecule has 3 aromatic carbocycles. The van der Waals surface area contributed by atoms with Crippen LogP contribution in [0.3, 0.4) is 0 Å². The molecule has 0 aromatic heterocycles. The van der Waals surface area contributed by atoms with Gasteiger partial charge in [0.2, 0.25) is 5.91 Å². The Labute approximate surface area is 176 Å². The van der Waals surface area contributed by atoms with Crippen molar-refractivity contribution < 1.29 is 19.8 Å². The maximum absolute atomic E-state index is 13.1. The number of rotatable bonds is 8. The molecular weight excluding hydrogens is 378 g/mol. The third-order valence-corrected chi connectivity index (χ3v) is 5.56. The molecule has 30 heavy (non-hydrogen) atoms. The van der Waals surface area contributed by atoms with Crippen molar-refractivity contribution in [3.63, 3.8) is 0 Å². The quantitative estimate of drug-likeness (QED) is 0.490. The van der Waals surface area contributed by atoms with Crippen LogP contribution in [0.4, 0.5) is 5.69 Å². The van der Waals surface area contributed by atoms with Crippen LogP contribution in [0, 0.1) is 0 Å².